The van der Waals surface area contributed by atoms with E-state index in [1.165, 1.54) is 13.8 Å². The number of ether oxygens (including phenoxy) is 2. The Morgan fingerprint density at radius 2 is 1.06 bits per heavy atom. The molecule has 18 heavy (non-hydrogen) atoms. The number of rotatable bonds is 9. The number of carbonyl (C=O) groups is 4. The summed E-state index contributed by atoms with van der Waals surface area (Å²) >= 11 is 0. The van der Waals surface area contributed by atoms with E-state index in [4.69, 9.17) is 0 Å². The molecule has 0 aromatic heterocycles. The van der Waals surface area contributed by atoms with Crippen LogP contribution in [0.25, 0.3) is 0 Å². The van der Waals surface area contributed by atoms with Crippen LogP contribution in [-0.4, -0.2) is 36.7 Å². The first-order chi connectivity index (χ1) is 8.43. The van der Waals surface area contributed by atoms with Gasteiger partial charge in [-0.3, -0.25) is 19.2 Å². The van der Waals surface area contributed by atoms with Gasteiger partial charge in [-0.05, 0) is 12.8 Å². The zero-order valence-corrected chi connectivity index (χ0v) is 10.7. The van der Waals surface area contributed by atoms with Gasteiger partial charge in [-0.25, -0.2) is 0 Å². The average Bonchev–Trinajstić information content (AvgIpc) is 2.29. The lowest BCUT2D eigenvalue weighted by molar-refractivity contribution is -0.143. The van der Waals surface area contributed by atoms with E-state index in [0.29, 0.717) is 12.8 Å². The quantitative estimate of drug-likeness (QED) is 0.345. The van der Waals surface area contributed by atoms with Crippen molar-refractivity contribution < 1.29 is 28.7 Å². The Morgan fingerprint density at radius 3 is 1.33 bits per heavy atom. The molecule has 102 valence electrons. The molecule has 6 heteroatoms. The van der Waals surface area contributed by atoms with Gasteiger partial charge in [0, 0.05) is 26.7 Å². The van der Waals surface area contributed by atoms with Crippen LogP contribution in [0.5, 0.6) is 0 Å². The Balaban J connectivity index is 3.60. The maximum atomic E-state index is 11.3. The molecule has 0 amide bonds. The van der Waals surface area contributed by atoms with Gasteiger partial charge in [-0.15, -0.1) is 0 Å². The van der Waals surface area contributed by atoms with Crippen molar-refractivity contribution >= 4 is 23.5 Å². The monoisotopic (exact) mass is 258 g/mol. The van der Waals surface area contributed by atoms with E-state index in [9.17, 15) is 19.2 Å². The summed E-state index contributed by atoms with van der Waals surface area (Å²) in [5.74, 6) is -1.78. The molecule has 0 spiro atoms. The van der Waals surface area contributed by atoms with Crippen LogP contribution in [0, 0.1) is 0 Å². The van der Waals surface area contributed by atoms with Crippen molar-refractivity contribution in [1.29, 1.82) is 0 Å². The van der Waals surface area contributed by atoms with Crippen molar-refractivity contribution in [2.24, 2.45) is 0 Å². The minimum absolute atomic E-state index is 0.0691. The Bertz CT molecular complexity index is 289. The van der Waals surface area contributed by atoms with Gasteiger partial charge in [-0.2, -0.15) is 0 Å². The van der Waals surface area contributed by atoms with Gasteiger partial charge >= 0.3 is 11.9 Å². The molecule has 0 N–H and O–H groups in total. The van der Waals surface area contributed by atoms with Gasteiger partial charge < -0.3 is 9.47 Å². The number of Topliss-reactive ketones (excluding diaryl/α,β-unsaturated/α-hetero) is 2. The summed E-state index contributed by atoms with van der Waals surface area (Å²) in [6.07, 6.45) is 0.821. The van der Waals surface area contributed by atoms with Gasteiger partial charge in [0.15, 0.2) is 11.6 Å². The van der Waals surface area contributed by atoms with E-state index < -0.39 is 23.5 Å². The zero-order valence-electron chi connectivity index (χ0n) is 10.7. The minimum Gasteiger partial charge on any atom is -0.466 e. The lowest BCUT2D eigenvalue weighted by atomic mass is 10.1. The highest BCUT2D eigenvalue weighted by Gasteiger charge is 2.13. The number of carbonyl (C=O) groups excluding carboxylic acids is 4. The van der Waals surface area contributed by atoms with Gasteiger partial charge in [0.25, 0.3) is 0 Å². The van der Waals surface area contributed by atoms with E-state index >= 15 is 0 Å². The van der Waals surface area contributed by atoms with Crippen molar-refractivity contribution in [2.75, 3.05) is 13.2 Å². The fourth-order valence-corrected chi connectivity index (χ4v) is 1.18. The number of esters is 2. The highest BCUT2D eigenvalue weighted by molar-refractivity contribution is 6.37. The SMILES string of the molecule is CC(=O)OCCCC(=O)C(=O)CCCOC(C)=O. The van der Waals surface area contributed by atoms with Crippen LogP contribution in [0.3, 0.4) is 0 Å². The topological polar surface area (TPSA) is 86.7 Å². The Morgan fingerprint density at radius 1 is 0.722 bits per heavy atom. The van der Waals surface area contributed by atoms with Gasteiger partial charge in [0.05, 0.1) is 13.2 Å². The Hall–Kier alpha value is -1.72. The van der Waals surface area contributed by atoms with E-state index in [2.05, 4.69) is 9.47 Å². The first-order valence-electron chi connectivity index (χ1n) is 5.76. The largest absolute Gasteiger partial charge is 0.466 e. The normalized spacial score (nSPS) is 9.67. The molecule has 0 aromatic rings. The highest BCUT2D eigenvalue weighted by Crippen LogP contribution is 1.99. The highest BCUT2D eigenvalue weighted by atomic mass is 16.5. The van der Waals surface area contributed by atoms with Gasteiger partial charge in [0.2, 0.25) is 0 Å². The summed E-state index contributed by atoms with van der Waals surface area (Å²) in [5, 5.41) is 0. The molecule has 6 nitrogen and oxygen atoms in total. The van der Waals surface area contributed by atoms with E-state index in [1.54, 1.807) is 0 Å². The molecule has 0 atom stereocenters. The molecule has 0 fully saturated rings. The Labute approximate surface area is 106 Å². The summed E-state index contributed by atoms with van der Waals surface area (Å²) in [7, 11) is 0. The van der Waals surface area contributed by atoms with Crippen molar-refractivity contribution in [2.45, 2.75) is 39.5 Å². The molecule has 0 radical (unpaired) electrons. The van der Waals surface area contributed by atoms with Crippen LogP contribution in [0.2, 0.25) is 0 Å². The lowest BCUT2D eigenvalue weighted by Crippen LogP contribution is -2.15. The van der Waals surface area contributed by atoms with Crippen molar-refractivity contribution in [3.05, 3.63) is 0 Å². The standard InChI is InChI=1S/C12H18O6/c1-9(13)17-7-3-5-11(15)12(16)6-4-8-18-10(2)14/h3-8H2,1-2H3. The molecule has 0 aliphatic carbocycles. The summed E-state index contributed by atoms with van der Waals surface area (Å²) in [5.41, 5.74) is 0. The predicted octanol–water partition coefficient (Wildman–Crippen LogP) is 0.811. The molecule has 0 unspecified atom stereocenters. The second-order valence-corrected chi connectivity index (χ2v) is 3.73. The molecule has 0 saturated heterocycles. The van der Waals surface area contributed by atoms with Crippen LogP contribution in [0.1, 0.15) is 39.5 Å². The minimum atomic E-state index is -0.482. The zero-order chi connectivity index (χ0) is 14.0. The fourth-order valence-electron chi connectivity index (χ4n) is 1.18. The number of hydrogen-bond donors (Lipinski definition) is 0. The third-order valence-corrected chi connectivity index (χ3v) is 2.02. The molecule has 0 aliphatic heterocycles. The molecular formula is C12H18O6. The van der Waals surface area contributed by atoms with Crippen LogP contribution in [0.4, 0.5) is 0 Å². The molecule has 0 heterocycles. The summed E-state index contributed by atoms with van der Waals surface area (Å²) in [6.45, 7) is 2.84. The smallest absolute Gasteiger partial charge is 0.302 e. The van der Waals surface area contributed by atoms with Crippen molar-refractivity contribution in [1.82, 2.24) is 0 Å². The van der Waals surface area contributed by atoms with E-state index in [1.807, 2.05) is 0 Å². The molecule has 0 saturated carbocycles. The molecule has 0 rings (SSSR count). The number of hydrogen-bond acceptors (Lipinski definition) is 6. The molecule has 0 bridgehead atoms. The van der Waals surface area contributed by atoms with Crippen LogP contribution in [0.15, 0.2) is 0 Å². The van der Waals surface area contributed by atoms with E-state index in [0.717, 1.165) is 0 Å². The van der Waals surface area contributed by atoms with Crippen molar-refractivity contribution in [3.8, 4) is 0 Å². The summed E-state index contributed by atoms with van der Waals surface area (Å²) < 4.78 is 9.27. The third kappa shape index (κ3) is 9.50. The van der Waals surface area contributed by atoms with Gasteiger partial charge in [0.1, 0.15) is 0 Å². The predicted molar refractivity (Wildman–Crippen MR) is 61.7 cm³/mol. The second-order valence-electron chi connectivity index (χ2n) is 3.73. The maximum absolute atomic E-state index is 11.3. The Kier molecular flexibility index (Phi) is 8.43. The van der Waals surface area contributed by atoms with E-state index in [-0.39, 0.29) is 26.1 Å². The van der Waals surface area contributed by atoms with Gasteiger partial charge in [-0.1, -0.05) is 0 Å². The van der Waals surface area contributed by atoms with Crippen LogP contribution in [-0.2, 0) is 28.7 Å². The van der Waals surface area contributed by atoms with Crippen LogP contribution < -0.4 is 0 Å². The fraction of sp³-hybridized carbons (Fsp3) is 0.667. The first kappa shape index (κ1) is 16.3. The first-order valence-corrected chi connectivity index (χ1v) is 5.76. The number of ketones is 2. The van der Waals surface area contributed by atoms with Crippen molar-refractivity contribution in [3.63, 3.8) is 0 Å². The molecule has 0 aromatic carbocycles. The summed E-state index contributed by atoms with van der Waals surface area (Å²) in [4.78, 5) is 43.5. The summed E-state index contributed by atoms with van der Waals surface area (Å²) in [6, 6.07) is 0. The van der Waals surface area contributed by atoms with Crippen LogP contribution >= 0.6 is 0 Å². The molecular weight excluding hydrogens is 240 g/mol. The second kappa shape index (κ2) is 9.32. The lowest BCUT2D eigenvalue weighted by Gasteiger charge is -2.02. The maximum Gasteiger partial charge on any atom is 0.302 e. The third-order valence-electron chi connectivity index (χ3n) is 2.02. The molecule has 0 aliphatic rings. The average molecular weight is 258 g/mol.